The molecule has 2 rings (SSSR count). The molecule has 0 bridgehead atoms. The number of carbonyl (C=O) groups excluding carboxylic acids is 1. The molecule has 0 aliphatic heterocycles. The van der Waals surface area contributed by atoms with Crippen LogP contribution in [-0.4, -0.2) is 26.1 Å². The number of hydrogen-bond acceptors (Lipinski definition) is 3. The second-order valence-electron chi connectivity index (χ2n) is 9.76. The predicted molar refractivity (Wildman–Crippen MR) is 135 cm³/mol. The largest absolute Gasteiger partial charge is 0.347 e. The molecule has 0 heterocycles. The molecular formula is C23H29Cl3N2O3S. The maximum absolute atomic E-state index is 12.7. The fourth-order valence-electron chi connectivity index (χ4n) is 3.76. The third kappa shape index (κ3) is 7.55. The standard InChI is InChI=1S/C23H29Cl3N2O3S/c1-22(2,3)14-23(4,5)27-21(29)16-9-7-15(8-10-16)13-28(32(6,30)31)20-12-18(25)17(24)11-19(20)26/h7-12H,13-14H2,1-6H3,(H,27,29). The molecule has 2 aromatic rings. The summed E-state index contributed by atoms with van der Waals surface area (Å²) in [6.07, 6.45) is 1.91. The van der Waals surface area contributed by atoms with Gasteiger partial charge in [-0.2, -0.15) is 0 Å². The second-order valence-corrected chi connectivity index (χ2v) is 12.9. The van der Waals surface area contributed by atoms with E-state index >= 15 is 0 Å². The van der Waals surface area contributed by atoms with Gasteiger partial charge in [0.15, 0.2) is 0 Å². The first-order valence-corrected chi connectivity index (χ1v) is 13.0. The average Bonchev–Trinajstić information content (AvgIpc) is 2.60. The van der Waals surface area contributed by atoms with E-state index in [-0.39, 0.29) is 44.2 Å². The van der Waals surface area contributed by atoms with Crippen molar-refractivity contribution in [1.82, 2.24) is 5.32 Å². The number of hydrogen-bond donors (Lipinski definition) is 1. The molecule has 0 saturated heterocycles. The lowest BCUT2D eigenvalue weighted by Crippen LogP contribution is -2.45. The van der Waals surface area contributed by atoms with Crippen molar-refractivity contribution in [2.45, 2.75) is 53.1 Å². The highest BCUT2D eigenvalue weighted by atomic mass is 35.5. The van der Waals surface area contributed by atoms with Crippen molar-refractivity contribution in [3.8, 4) is 0 Å². The summed E-state index contributed by atoms with van der Waals surface area (Å²) in [7, 11) is -3.67. The molecule has 0 saturated carbocycles. The van der Waals surface area contributed by atoms with Crippen molar-refractivity contribution in [3.63, 3.8) is 0 Å². The van der Waals surface area contributed by atoms with Gasteiger partial charge in [-0.1, -0.05) is 67.7 Å². The van der Waals surface area contributed by atoms with Crippen molar-refractivity contribution in [2.24, 2.45) is 5.41 Å². The van der Waals surface area contributed by atoms with Crippen LogP contribution in [0.25, 0.3) is 0 Å². The van der Waals surface area contributed by atoms with Crippen molar-refractivity contribution < 1.29 is 13.2 Å². The van der Waals surface area contributed by atoms with E-state index < -0.39 is 10.0 Å². The topological polar surface area (TPSA) is 66.5 Å². The number of nitrogens with one attached hydrogen (secondary N) is 1. The van der Waals surface area contributed by atoms with Gasteiger partial charge in [-0.15, -0.1) is 0 Å². The smallest absolute Gasteiger partial charge is 0.251 e. The average molecular weight is 520 g/mol. The van der Waals surface area contributed by atoms with Crippen molar-refractivity contribution in [2.75, 3.05) is 10.6 Å². The Morgan fingerprint density at radius 3 is 1.97 bits per heavy atom. The Morgan fingerprint density at radius 2 is 1.47 bits per heavy atom. The van der Waals surface area contributed by atoms with Crippen LogP contribution < -0.4 is 9.62 Å². The molecule has 0 aliphatic rings. The first-order chi connectivity index (χ1) is 14.5. The van der Waals surface area contributed by atoms with Crippen molar-refractivity contribution in [1.29, 1.82) is 0 Å². The molecule has 0 aromatic heterocycles. The predicted octanol–water partition coefficient (Wildman–Crippen LogP) is 6.56. The van der Waals surface area contributed by atoms with Crippen LogP contribution in [0.2, 0.25) is 15.1 Å². The third-order valence-electron chi connectivity index (χ3n) is 4.63. The summed E-state index contributed by atoms with van der Waals surface area (Å²) in [5.41, 5.74) is 1.11. The summed E-state index contributed by atoms with van der Waals surface area (Å²) in [6.45, 7) is 10.4. The highest BCUT2D eigenvalue weighted by Gasteiger charge is 2.27. The van der Waals surface area contributed by atoms with Gasteiger partial charge < -0.3 is 5.32 Å². The first-order valence-electron chi connectivity index (χ1n) is 10.0. The zero-order valence-corrected chi connectivity index (χ0v) is 22.2. The number of halogens is 3. The lowest BCUT2D eigenvalue weighted by molar-refractivity contribution is 0.0891. The zero-order chi connectivity index (χ0) is 24.5. The molecule has 0 radical (unpaired) electrons. The number of nitrogens with zero attached hydrogens (tertiary/aromatic N) is 1. The van der Waals surface area contributed by atoms with Gasteiger partial charge in [-0.3, -0.25) is 9.10 Å². The monoisotopic (exact) mass is 518 g/mol. The third-order valence-corrected chi connectivity index (χ3v) is 6.78. The summed E-state index contributed by atoms with van der Waals surface area (Å²) in [5, 5.41) is 3.67. The normalized spacial score (nSPS) is 12.5. The van der Waals surface area contributed by atoms with Crippen LogP contribution in [0.5, 0.6) is 0 Å². The highest BCUT2D eigenvalue weighted by molar-refractivity contribution is 7.92. The molecule has 0 atom stereocenters. The van der Waals surface area contributed by atoms with Gasteiger partial charge in [0.25, 0.3) is 5.91 Å². The van der Waals surface area contributed by atoms with E-state index in [1.807, 2.05) is 13.8 Å². The Balaban J connectivity index is 2.24. The summed E-state index contributed by atoms with van der Waals surface area (Å²) >= 11 is 18.3. The molecule has 32 heavy (non-hydrogen) atoms. The quantitative estimate of drug-likeness (QED) is 0.421. The van der Waals surface area contributed by atoms with Gasteiger partial charge in [-0.05, 0) is 55.5 Å². The van der Waals surface area contributed by atoms with Gasteiger partial charge in [0.05, 0.1) is 33.6 Å². The molecule has 0 unspecified atom stereocenters. The molecule has 1 N–H and O–H groups in total. The summed E-state index contributed by atoms with van der Waals surface area (Å²) < 4.78 is 26.1. The number of carbonyl (C=O) groups is 1. The summed E-state index contributed by atoms with van der Waals surface area (Å²) in [6, 6.07) is 9.62. The second kappa shape index (κ2) is 9.80. The van der Waals surface area contributed by atoms with Crippen LogP contribution in [0.3, 0.4) is 0 Å². The van der Waals surface area contributed by atoms with Crippen LogP contribution in [0, 0.1) is 5.41 Å². The van der Waals surface area contributed by atoms with Crippen LogP contribution >= 0.6 is 34.8 Å². The Labute approximate surface area is 206 Å². The van der Waals surface area contributed by atoms with Crippen LogP contribution in [0.4, 0.5) is 5.69 Å². The van der Waals surface area contributed by atoms with Crippen LogP contribution in [0.1, 0.15) is 57.0 Å². The molecule has 2 aromatic carbocycles. The minimum Gasteiger partial charge on any atom is -0.347 e. The Kier molecular flexibility index (Phi) is 8.20. The van der Waals surface area contributed by atoms with Crippen molar-refractivity contribution >= 4 is 56.4 Å². The van der Waals surface area contributed by atoms with E-state index in [1.165, 1.54) is 12.1 Å². The molecule has 9 heteroatoms. The number of amides is 1. The van der Waals surface area contributed by atoms with E-state index in [9.17, 15) is 13.2 Å². The Hall–Kier alpha value is -1.47. The molecular weight excluding hydrogens is 491 g/mol. The van der Waals surface area contributed by atoms with Gasteiger partial charge in [0.2, 0.25) is 10.0 Å². The number of benzene rings is 2. The minimum absolute atomic E-state index is 0.0218. The Morgan fingerprint density at radius 1 is 0.938 bits per heavy atom. The van der Waals surface area contributed by atoms with E-state index in [1.54, 1.807) is 24.3 Å². The van der Waals surface area contributed by atoms with E-state index in [0.29, 0.717) is 11.1 Å². The SMILES string of the molecule is CC(C)(C)CC(C)(C)NC(=O)c1ccc(CN(c2cc(Cl)c(Cl)cc2Cl)S(C)(=O)=O)cc1. The zero-order valence-electron chi connectivity index (χ0n) is 19.1. The molecule has 5 nitrogen and oxygen atoms in total. The highest BCUT2D eigenvalue weighted by Crippen LogP contribution is 2.36. The Bertz CT molecular complexity index is 1090. The minimum atomic E-state index is -3.67. The summed E-state index contributed by atoms with van der Waals surface area (Å²) in [4.78, 5) is 12.7. The number of anilines is 1. The molecule has 0 spiro atoms. The lowest BCUT2D eigenvalue weighted by atomic mass is 9.81. The molecule has 176 valence electrons. The maximum atomic E-state index is 12.7. The van der Waals surface area contributed by atoms with Crippen molar-refractivity contribution in [3.05, 3.63) is 62.6 Å². The van der Waals surface area contributed by atoms with Gasteiger partial charge >= 0.3 is 0 Å². The van der Waals surface area contributed by atoms with E-state index in [0.717, 1.165) is 17.0 Å². The fourth-order valence-corrected chi connectivity index (χ4v) is 5.35. The van der Waals surface area contributed by atoms with Crippen LogP contribution in [0.15, 0.2) is 36.4 Å². The number of rotatable bonds is 7. The fraction of sp³-hybridized carbons (Fsp3) is 0.435. The lowest BCUT2D eigenvalue weighted by Gasteiger charge is -2.33. The van der Waals surface area contributed by atoms with Crippen LogP contribution in [-0.2, 0) is 16.6 Å². The van der Waals surface area contributed by atoms with E-state index in [2.05, 4.69) is 26.1 Å². The van der Waals surface area contributed by atoms with Gasteiger partial charge in [0, 0.05) is 11.1 Å². The molecule has 0 fully saturated rings. The summed E-state index contributed by atoms with van der Waals surface area (Å²) in [5.74, 6) is -0.182. The molecule has 1 amide bonds. The maximum Gasteiger partial charge on any atom is 0.251 e. The van der Waals surface area contributed by atoms with Gasteiger partial charge in [-0.25, -0.2) is 8.42 Å². The van der Waals surface area contributed by atoms with E-state index in [4.69, 9.17) is 34.8 Å². The first kappa shape index (κ1) is 26.8. The number of sulfonamides is 1. The molecule has 0 aliphatic carbocycles. The van der Waals surface area contributed by atoms with Gasteiger partial charge in [0.1, 0.15) is 0 Å².